The molecular formula is C15H24N2O2S. The highest BCUT2D eigenvalue weighted by Gasteiger charge is 2.49. The third-order valence-corrected chi connectivity index (χ3v) is 6.28. The van der Waals surface area contributed by atoms with E-state index in [4.69, 9.17) is 5.73 Å². The molecule has 2 unspecified atom stereocenters. The van der Waals surface area contributed by atoms with E-state index in [0.717, 1.165) is 25.8 Å². The second kappa shape index (κ2) is 5.84. The van der Waals surface area contributed by atoms with Crippen LogP contribution >= 0.6 is 0 Å². The van der Waals surface area contributed by atoms with Crippen molar-refractivity contribution in [3.8, 4) is 0 Å². The molecule has 0 heterocycles. The summed E-state index contributed by atoms with van der Waals surface area (Å²) in [5, 5.41) is -0.353. The zero-order chi connectivity index (χ0) is 14.8. The van der Waals surface area contributed by atoms with Crippen molar-refractivity contribution in [3.05, 3.63) is 35.9 Å². The molecule has 4 nitrogen and oxygen atoms in total. The second-order valence-electron chi connectivity index (χ2n) is 5.86. The average molecular weight is 296 g/mol. The van der Waals surface area contributed by atoms with E-state index in [9.17, 15) is 8.42 Å². The average Bonchev–Trinajstić information content (AvgIpc) is 2.85. The van der Waals surface area contributed by atoms with Crippen LogP contribution in [0.15, 0.2) is 30.3 Å². The van der Waals surface area contributed by atoms with E-state index in [-0.39, 0.29) is 5.25 Å². The topological polar surface area (TPSA) is 63.4 Å². The van der Waals surface area contributed by atoms with E-state index in [0.29, 0.717) is 6.54 Å². The number of hydrogen-bond donors (Lipinski definition) is 1. The van der Waals surface area contributed by atoms with Crippen molar-refractivity contribution < 1.29 is 8.42 Å². The van der Waals surface area contributed by atoms with Gasteiger partial charge in [-0.3, -0.25) is 4.90 Å². The normalized spacial score (nSPS) is 27.1. The van der Waals surface area contributed by atoms with Crippen molar-refractivity contribution in [2.75, 3.05) is 19.8 Å². The number of likely N-dealkylation sites (N-methyl/N-ethyl adjacent to an activating group) is 1. The molecule has 1 fully saturated rings. The van der Waals surface area contributed by atoms with Crippen molar-refractivity contribution in [1.29, 1.82) is 0 Å². The van der Waals surface area contributed by atoms with Crippen molar-refractivity contribution >= 4 is 9.84 Å². The van der Waals surface area contributed by atoms with Gasteiger partial charge in [-0.25, -0.2) is 8.42 Å². The van der Waals surface area contributed by atoms with Gasteiger partial charge in [0.2, 0.25) is 0 Å². The van der Waals surface area contributed by atoms with Gasteiger partial charge in [-0.15, -0.1) is 0 Å². The Morgan fingerprint density at radius 3 is 2.55 bits per heavy atom. The maximum absolute atomic E-state index is 12.1. The summed E-state index contributed by atoms with van der Waals surface area (Å²) in [6.45, 7) is 1.11. The van der Waals surface area contributed by atoms with Gasteiger partial charge >= 0.3 is 0 Å². The molecule has 0 amide bonds. The molecule has 2 rings (SSSR count). The van der Waals surface area contributed by atoms with Gasteiger partial charge in [0.25, 0.3) is 0 Å². The molecule has 1 aromatic carbocycles. The van der Waals surface area contributed by atoms with Gasteiger partial charge in [0, 0.05) is 24.9 Å². The van der Waals surface area contributed by atoms with Crippen LogP contribution in [0.2, 0.25) is 0 Å². The zero-order valence-electron chi connectivity index (χ0n) is 12.2. The smallest absolute Gasteiger partial charge is 0.152 e. The van der Waals surface area contributed by atoms with Crippen LogP contribution in [0.5, 0.6) is 0 Å². The monoisotopic (exact) mass is 296 g/mol. The fourth-order valence-electron chi connectivity index (χ4n) is 3.48. The van der Waals surface area contributed by atoms with Gasteiger partial charge in [-0.05, 0) is 25.5 Å². The van der Waals surface area contributed by atoms with Crippen LogP contribution in [-0.4, -0.2) is 44.0 Å². The van der Waals surface area contributed by atoms with E-state index >= 15 is 0 Å². The Balaban J connectivity index is 2.26. The van der Waals surface area contributed by atoms with Crippen molar-refractivity contribution in [2.24, 2.45) is 5.73 Å². The van der Waals surface area contributed by atoms with Crippen LogP contribution in [0.3, 0.4) is 0 Å². The molecule has 0 saturated heterocycles. The summed E-state index contributed by atoms with van der Waals surface area (Å²) in [5.41, 5.74) is 6.76. The first-order valence-electron chi connectivity index (χ1n) is 7.04. The highest BCUT2D eigenvalue weighted by Crippen LogP contribution is 2.38. The zero-order valence-corrected chi connectivity index (χ0v) is 13.1. The molecule has 20 heavy (non-hydrogen) atoms. The first kappa shape index (κ1) is 15.5. The van der Waals surface area contributed by atoms with Crippen LogP contribution in [0, 0.1) is 0 Å². The number of benzene rings is 1. The summed E-state index contributed by atoms with van der Waals surface area (Å²) in [4.78, 5) is 2.14. The van der Waals surface area contributed by atoms with Gasteiger partial charge in [-0.1, -0.05) is 36.8 Å². The Morgan fingerprint density at radius 1 is 1.35 bits per heavy atom. The Kier molecular flexibility index (Phi) is 4.52. The lowest BCUT2D eigenvalue weighted by atomic mass is 9.94. The Morgan fingerprint density at radius 2 is 2.00 bits per heavy atom. The van der Waals surface area contributed by atoms with Crippen LogP contribution in [0.4, 0.5) is 0 Å². The number of rotatable bonds is 5. The molecule has 0 aliphatic heterocycles. The molecule has 2 atom stereocenters. The molecule has 1 saturated carbocycles. The molecular weight excluding hydrogens is 272 g/mol. The fraction of sp³-hybridized carbons (Fsp3) is 0.600. The summed E-state index contributed by atoms with van der Waals surface area (Å²) >= 11 is 0. The molecule has 1 aromatic rings. The molecule has 0 aromatic heterocycles. The number of sulfone groups is 1. The highest BCUT2D eigenvalue weighted by molar-refractivity contribution is 7.91. The van der Waals surface area contributed by atoms with E-state index in [2.05, 4.69) is 17.0 Å². The Labute approximate surface area is 121 Å². The minimum atomic E-state index is -3.08. The van der Waals surface area contributed by atoms with Gasteiger partial charge < -0.3 is 5.73 Å². The fourth-order valence-corrected chi connectivity index (χ4v) is 5.26. The first-order valence-corrected chi connectivity index (χ1v) is 9.00. The summed E-state index contributed by atoms with van der Waals surface area (Å²) in [6, 6.07) is 10.1. The molecule has 1 aliphatic carbocycles. The van der Waals surface area contributed by atoms with Crippen molar-refractivity contribution in [2.45, 2.75) is 36.6 Å². The summed E-state index contributed by atoms with van der Waals surface area (Å²) in [6.07, 6.45) is 3.83. The molecule has 2 N–H and O–H groups in total. The van der Waals surface area contributed by atoms with Crippen LogP contribution in [0.1, 0.15) is 24.8 Å². The lowest BCUT2D eigenvalue weighted by molar-refractivity contribution is 0.126. The van der Waals surface area contributed by atoms with Crippen LogP contribution < -0.4 is 5.73 Å². The molecule has 1 aliphatic rings. The largest absolute Gasteiger partial charge is 0.329 e. The molecule has 5 heteroatoms. The van der Waals surface area contributed by atoms with E-state index < -0.39 is 15.4 Å². The Hall–Kier alpha value is -0.910. The highest BCUT2D eigenvalue weighted by atomic mass is 32.2. The van der Waals surface area contributed by atoms with Crippen molar-refractivity contribution in [3.63, 3.8) is 0 Å². The van der Waals surface area contributed by atoms with E-state index in [1.807, 2.05) is 25.2 Å². The van der Waals surface area contributed by atoms with E-state index in [1.54, 1.807) is 0 Å². The summed E-state index contributed by atoms with van der Waals surface area (Å²) < 4.78 is 24.2. The van der Waals surface area contributed by atoms with Gasteiger partial charge in [0.05, 0.1) is 5.25 Å². The maximum Gasteiger partial charge on any atom is 0.152 e. The first-order chi connectivity index (χ1) is 9.40. The quantitative estimate of drug-likeness (QED) is 0.892. The third kappa shape index (κ3) is 2.90. The second-order valence-corrected chi connectivity index (χ2v) is 8.09. The summed E-state index contributed by atoms with van der Waals surface area (Å²) in [7, 11) is -1.09. The maximum atomic E-state index is 12.1. The van der Waals surface area contributed by atoms with Crippen LogP contribution in [-0.2, 0) is 16.4 Å². The number of nitrogens with zero attached hydrogens (tertiary/aromatic N) is 1. The SMILES string of the molecule is CN(Cc1ccccc1)C1(CN)CCCC1S(C)(=O)=O. The number of nitrogens with two attached hydrogens (primary N) is 1. The minimum absolute atomic E-state index is 0.353. The third-order valence-electron chi connectivity index (χ3n) is 4.57. The van der Waals surface area contributed by atoms with Crippen LogP contribution in [0.25, 0.3) is 0 Å². The minimum Gasteiger partial charge on any atom is -0.329 e. The van der Waals surface area contributed by atoms with Gasteiger partial charge in [0.1, 0.15) is 0 Å². The van der Waals surface area contributed by atoms with Gasteiger partial charge in [-0.2, -0.15) is 0 Å². The van der Waals surface area contributed by atoms with Crippen molar-refractivity contribution in [1.82, 2.24) is 4.90 Å². The molecule has 112 valence electrons. The molecule has 0 radical (unpaired) electrons. The predicted octanol–water partition coefficient (Wildman–Crippen LogP) is 1.41. The lowest BCUT2D eigenvalue weighted by Crippen LogP contribution is -2.58. The summed E-state index contributed by atoms with van der Waals surface area (Å²) in [5.74, 6) is 0. The Bertz CT molecular complexity index is 544. The lowest BCUT2D eigenvalue weighted by Gasteiger charge is -2.42. The molecule has 0 spiro atoms. The van der Waals surface area contributed by atoms with E-state index in [1.165, 1.54) is 11.8 Å². The number of hydrogen-bond acceptors (Lipinski definition) is 4. The molecule has 0 bridgehead atoms. The standard InChI is InChI=1S/C15H24N2O2S/c1-17(11-13-7-4-3-5-8-13)15(12-16)10-6-9-14(15)20(2,18)19/h3-5,7-8,14H,6,9-12,16H2,1-2H3. The predicted molar refractivity (Wildman–Crippen MR) is 82.2 cm³/mol. The van der Waals surface area contributed by atoms with Gasteiger partial charge in [0.15, 0.2) is 9.84 Å².